The minimum atomic E-state index is -1.12. The van der Waals surface area contributed by atoms with Crippen molar-refractivity contribution in [2.75, 3.05) is 0 Å². The number of carbonyl (C=O) groups is 1. The zero-order valence-corrected chi connectivity index (χ0v) is 8.02. The zero-order valence-electron chi connectivity index (χ0n) is 8.02. The molecule has 2 N–H and O–H groups in total. The zero-order chi connectivity index (χ0) is 11.0. The molecule has 15 heavy (non-hydrogen) atoms. The Balaban J connectivity index is 2.92. The van der Waals surface area contributed by atoms with Crippen molar-refractivity contribution in [1.82, 2.24) is 14.4 Å². The molecule has 0 aromatic carbocycles. The summed E-state index contributed by atoms with van der Waals surface area (Å²) in [6.07, 6.45) is 1.88. The quantitative estimate of drug-likeness (QED) is 0.740. The molecule has 2 heterocycles. The molecule has 0 saturated heterocycles. The number of aromatic amines is 1. The van der Waals surface area contributed by atoms with Crippen LogP contribution in [0.4, 0.5) is 0 Å². The molecule has 2 rings (SSSR count). The second kappa shape index (κ2) is 3.23. The monoisotopic (exact) mass is 207 g/mol. The number of carboxylic acids is 1. The lowest BCUT2D eigenvalue weighted by Gasteiger charge is -1.96. The number of hydrogen-bond acceptors (Lipinski definition) is 3. The summed E-state index contributed by atoms with van der Waals surface area (Å²) in [6, 6.07) is 1.56. The van der Waals surface area contributed by atoms with Crippen molar-refractivity contribution in [1.29, 1.82) is 0 Å². The van der Waals surface area contributed by atoms with Gasteiger partial charge in [-0.1, -0.05) is 6.92 Å². The predicted octanol–water partition coefficient (Wildman–Crippen LogP) is 0.283. The molecule has 0 atom stereocenters. The largest absolute Gasteiger partial charge is 0.476 e. The van der Waals surface area contributed by atoms with E-state index in [1.807, 2.05) is 0 Å². The van der Waals surface area contributed by atoms with Crippen LogP contribution in [0.1, 0.15) is 23.1 Å². The highest BCUT2D eigenvalue weighted by atomic mass is 16.4. The molecule has 0 aliphatic carbocycles. The summed E-state index contributed by atoms with van der Waals surface area (Å²) in [4.78, 5) is 28.7. The summed E-state index contributed by atoms with van der Waals surface area (Å²) in [5.41, 5.74) is 0.339. The van der Waals surface area contributed by atoms with Gasteiger partial charge in [-0.25, -0.2) is 19.0 Å². The molecule has 0 bridgehead atoms. The second-order valence-corrected chi connectivity index (χ2v) is 3.04. The van der Waals surface area contributed by atoms with E-state index in [-0.39, 0.29) is 11.4 Å². The molecule has 0 radical (unpaired) electrons. The van der Waals surface area contributed by atoms with Gasteiger partial charge in [0.25, 0.3) is 0 Å². The number of nitrogens with one attached hydrogen (secondary N) is 1. The SMILES string of the molecule is CCc1c(C(=O)O)nc2cc[nH]c(=O)n12. The first-order chi connectivity index (χ1) is 7.15. The molecule has 6 heteroatoms. The number of hydrogen-bond donors (Lipinski definition) is 2. The average Bonchev–Trinajstić information content (AvgIpc) is 2.57. The van der Waals surface area contributed by atoms with Gasteiger partial charge in [-0.3, -0.25) is 0 Å². The third-order valence-corrected chi connectivity index (χ3v) is 2.18. The maximum Gasteiger partial charge on any atom is 0.356 e. The van der Waals surface area contributed by atoms with Gasteiger partial charge in [-0.15, -0.1) is 0 Å². The smallest absolute Gasteiger partial charge is 0.356 e. The minimum absolute atomic E-state index is 0.0609. The number of H-pyrrole nitrogens is 1. The lowest BCUT2D eigenvalue weighted by Crippen LogP contribution is -2.17. The van der Waals surface area contributed by atoms with Crippen molar-refractivity contribution >= 4 is 11.6 Å². The number of aromatic nitrogens is 3. The fraction of sp³-hybridized carbons (Fsp3) is 0.222. The van der Waals surface area contributed by atoms with Crippen molar-refractivity contribution in [3.8, 4) is 0 Å². The highest BCUT2D eigenvalue weighted by molar-refractivity contribution is 5.87. The molecular weight excluding hydrogens is 198 g/mol. The molecule has 78 valence electrons. The second-order valence-electron chi connectivity index (χ2n) is 3.04. The molecular formula is C9H9N3O3. The highest BCUT2D eigenvalue weighted by Crippen LogP contribution is 2.10. The summed E-state index contributed by atoms with van der Waals surface area (Å²) >= 11 is 0. The number of aromatic carboxylic acids is 1. The van der Waals surface area contributed by atoms with Gasteiger partial charge < -0.3 is 10.1 Å². The molecule has 2 aromatic heterocycles. The Kier molecular flexibility index (Phi) is 2.03. The summed E-state index contributed by atoms with van der Waals surface area (Å²) in [5.74, 6) is -1.12. The first kappa shape index (κ1) is 9.45. The van der Waals surface area contributed by atoms with Crippen molar-refractivity contribution in [2.24, 2.45) is 0 Å². The summed E-state index contributed by atoms with van der Waals surface area (Å²) in [5, 5.41) is 8.90. The molecule has 2 aromatic rings. The van der Waals surface area contributed by atoms with E-state index < -0.39 is 5.97 Å². The Labute approximate surface area is 84.2 Å². The van der Waals surface area contributed by atoms with Crippen molar-refractivity contribution in [3.05, 3.63) is 34.1 Å². The van der Waals surface area contributed by atoms with Gasteiger partial charge in [0.05, 0.1) is 5.69 Å². The van der Waals surface area contributed by atoms with E-state index in [4.69, 9.17) is 5.11 Å². The van der Waals surface area contributed by atoms with E-state index >= 15 is 0 Å². The van der Waals surface area contributed by atoms with Crippen molar-refractivity contribution in [2.45, 2.75) is 13.3 Å². The third kappa shape index (κ3) is 1.30. The molecule has 0 fully saturated rings. The van der Waals surface area contributed by atoms with Gasteiger partial charge in [0.2, 0.25) is 0 Å². The molecule has 0 saturated carbocycles. The van der Waals surface area contributed by atoms with Gasteiger partial charge in [-0.05, 0) is 12.5 Å². The van der Waals surface area contributed by atoms with Crippen LogP contribution in [0, 0.1) is 0 Å². The van der Waals surface area contributed by atoms with E-state index in [1.165, 1.54) is 10.6 Å². The van der Waals surface area contributed by atoms with Gasteiger partial charge in [0.1, 0.15) is 5.65 Å². The van der Waals surface area contributed by atoms with E-state index in [2.05, 4.69) is 9.97 Å². The van der Waals surface area contributed by atoms with E-state index in [0.717, 1.165) is 0 Å². The minimum Gasteiger partial charge on any atom is -0.476 e. The number of rotatable bonds is 2. The van der Waals surface area contributed by atoms with E-state index in [1.54, 1.807) is 13.0 Å². The van der Waals surface area contributed by atoms with Crippen LogP contribution >= 0.6 is 0 Å². The van der Waals surface area contributed by atoms with E-state index in [0.29, 0.717) is 17.8 Å². The highest BCUT2D eigenvalue weighted by Gasteiger charge is 2.17. The number of carboxylic acid groups (broad SMARTS) is 1. The number of imidazole rings is 1. The van der Waals surface area contributed by atoms with Crippen LogP contribution < -0.4 is 5.69 Å². The van der Waals surface area contributed by atoms with Crippen LogP contribution in [0.2, 0.25) is 0 Å². The van der Waals surface area contributed by atoms with E-state index in [9.17, 15) is 9.59 Å². The molecule has 6 nitrogen and oxygen atoms in total. The fourth-order valence-corrected chi connectivity index (χ4v) is 1.56. The Morgan fingerprint density at radius 2 is 2.40 bits per heavy atom. The van der Waals surface area contributed by atoms with Crippen molar-refractivity contribution in [3.63, 3.8) is 0 Å². The summed E-state index contributed by atoms with van der Waals surface area (Å²) in [6.45, 7) is 1.78. The Hall–Kier alpha value is -2.11. The Morgan fingerprint density at radius 1 is 1.67 bits per heavy atom. The Morgan fingerprint density at radius 3 is 3.00 bits per heavy atom. The topological polar surface area (TPSA) is 87.5 Å². The van der Waals surface area contributed by atoms with Crippen LogP contribution in [0.3, 0.4) is 0 Å². The first-order valence-corrected chi connectivity index (χ1v) is 4.47. The molecule has 0 aliphatic heterocycles. The first-order valence-electron chi connectivity index (χ1n) is 4.47. The van der Waals surface area contributed by atoms with Crippen LogP contribution in [-0.2, 0) is 6.42 Å². The summed E-state index contributed by atoms with van der Waals surface area (Å²) in [7, 11) is 0. The molecule has 0 aliphatic rings. The van der Waals surface area contributed by atoms with Crippen LogP contribution in [0.15, 0.2) is 17.1 Å². The number of aryl methyl sites for hydroxylation is 1. The normalized spacial score (nSPS) is 10.7. The molecule has 0 amide bonds. The third-order valence-electron chi connectivity index (χ3n) is 2.18. The molecule has 0 unspecified atom stereocenters. The van der Waals surface area contributed by atoms with Crippen molar-refractivity contribution < 1.29 is 9.90 Å². The maximum absolute atomic E-state index is 11.5. The van der Waals surface area contributed by atoms with Gasteiger partial charge in [-0.2, -0.15) is 0 Å². The maximum atomic E-state index is 11.5. The number of fused-ring (bicyclic) bond motifs is 1. The molecule has 0 spiro atoms. The lowest BCUT2D eigenvalue weighted by molar-refractivity contribution is 0.0690. The fourth-order valence-electron chi connectivity index (χ4n) is 1.56. The summed E-state index contributed by atoms with van der Waals surface area (Å²) < 4.78 is 1.28. The van der Waals surface area contributed by atoms with Gasteiger partial charge in [0, 0.05) is 6.20 Å². The average molecular weight is 207 g/mol. The van der Waals surface area contributed by atoms with Crippen LogP contribution in [-0.4, -0.2) is 25.4 Å². The van der Waals surface area contributed by atoms with Crippen LogP contribution in [0.25, 0.3) is 5.65 Å². The van der Waals surface area contributed by atoms with Gasteiger partial charge >= 0.3 is 11.7 Å². The van der Waals surface area contributed by atoms with Crippen LogP contribution in [0.5, 0.6) is 0 Å². The predicted molar refractivity (Wildman–Crippen MR) is 52.2 cm³/mol. The number of nitrogens with zero attached hydrogens (tertiary/aromatic N) is 2. The Bertz CT molecular complexity index is 582. The standard InChI is InChI=1S/C9H9N3O3/c1-2-5-7(8(13)14)11-6-3-4-10-9(15)12(5)6/h3-4H,2H2,1H3,(H,10,15)(H,13,14). The van der Waals surface area contributed by atoms with Gasteiger partial charge in [0.15, 0.2) is 5.69 Å². The lowest BCUT2D eigenvalue weighted by atomic mass is 10.2.